The number of para-hydroxylation sites is 1. The Kier molecular flexibility index (Phi) is 4.53. The minimum atomic E-state index is -0.238. The summed E-state index contributed by atoms with van der Waals surface area (Å²) >= 11 is 1.37. The summed E-state index contributed by atoms with van der Waals surface area (Å²) in [7, 11) is 1.85. The lowest BCUT2D eigenvalue weighted by molar-refractivity contribution is 0.102. The molecule has 0 spiro atoms. The Morgan fingerprint density at radius 3 is 2.70 bits per heavy atom. The van der Waals surface area contributed by atoms with Crippen LogP contribution in [0.1, 0.15) is 10.4 Å². The largest absolute Gasteiger partial charge is 0.298 e. The summed E-state index contributed by atoms with van der Waals surface area (Å²) in [5.74, 6) is -0.238. The number of aryl methyl sites for hydroxylation is 1. The Labute approximate surface area is 176 Å². The Morgan fingerprint density at radius 1 is 1.03 bits per heavy atom. The Hall–Kier alpha value is -3.91. The standard InChI is InChI=1S/C22H16N6OS/c1-28-12-14(11-24-28)20-13-30-22(26-20)27-21(29)16-10-19(18-8-4-5-9-23-18)25-17-7-3-2-6-15(16)17/h2-13H,1H3,(H,26,27,29). The molecule has 8 heteroatoms. The number of rotatable bonds is 4. The molecule has 0 saturated heterocycles. The van der Waals surface area contributed by atoms with Crippen molar-refractivity contribution in [2.75, 3.05) is 5.32 Å². The third-order valence-corrected chi connectivity index (χ3v) is 5.37. The summed E-state index contributed by atoms with van der Waals surface area (Å²) in [6, 6.07) is 15.0. The molecule has 0 atom stereocenters. The molecule has 0 saturated carbocycles. The number of nitrogens with one attached hydrogen (secondary N) is 1. The van der Waals surface area contributed by atoms with Crippen LogP contribution in [0.3, 0.4) is 0 Å². The quantitative estimate of drug-likeness (QED) is 0.473. The van der Waals surface area contributed by atoms with Gasteiger partial charge in [-0.05, 0) is 24.3 Å². The third-order valence-electron chi connectivity index (χ3n) is 4.61. The number of hydrogen-bond acceptors (Lipinski definition) is 6. The minimum Gasteiger partial charge on any atom is -0.298 e. The predicted octanol–water partition coefficient (Wildman–Crippen LogP) is 4.41. The van der Waals surface area contributed by atoms with Crippen molar-refractivity contribution in [2.24, 2.45) is 7.05 Å². The number of amides is 1. The molecule has 0 bridgehead atoms. The number of pyridine rings is 2. The monoisotopic (exact) mass is 412 g/mol. The molecule has 0 aliphatic carbocycles. The second-order valence-electron chi connectivity index (χ2n) is 6.68. The second kappa shape index (κ2) is 7.49. The van der Waals surface area contributed by atoms with Crippen LogP contribution in [0, 0.1) is 0 Å². The van der Waals surface area contributed by atoms with Crippen molar-refractivity contribution < 1.29 is 4.79 Å². The van der Waals surface area contributed by atoms with Crippen LogP contribution in [0.4, 0.5) is 5.13 Å². The van der Waals surface area contributed by atoms with Crippen molar-refractivity contribution in [2.45, 2.75) is 0 Å². The molecule has 5 aromatic rings. The molecule has 146 valence electrons. The van der Waals surface area contributed by atoms with E-state index in [1.807, 2.05) is 61.1 Å². The molecule has 0 radical (unpaired) electrons. The summed E-state index contributed by atoms with van der Waals surface area (Å²) in [5, 5.41) is 10.3. The lowest BCUT2D eigenvalue weighted by atomic mass is 10.1. The minimum absolute atomic E-state index is 0.238. The number of carbonyl (C=O) groups excluding carboxylic acids is 1. The van der Waals surface area contributed by atoms with Crippen molar-refractivity contribution in [1.82, 2.24) is 24.7 Å². The molecule has 0 unspecified atom stereocenters. The highest BCUT2D eigenvalue weighted by Gasteiger charge is 2.16. The molecular formula is C22H16N6OS. The van der Waals surface area contributed by atoms with Crippen molar-refractivity contribution in [3.63, 3.8) is 0 Å². The molecule has 0 aliphatic heterocycles. The third kappa shape index (κ3) is 3.44. The molecular weight excluding hydrogens is 396 g/mol. The van der Waals surface area contributed by atoms with Crippen molar-refractivity contribution in [3.8, 4) is 22.6 Å². The average molecular weight is 412 g/mol. The number of fused-ring (bicyclic) bond motifs is 1. The van der Waals surface area contributed by atoms with Crippen LogP contribution in [0.25, 0.3) is 33.5 Å². The molecule has 7 nitrogen and oxygen atoms in total. The van der Waals surface area contributed by atoms with Gasteiger partial charge in [0.25, 0.3) is 5.91 Å². The summed E-state index contributed by atoms with van der Waals surface area (Å²) in [6.45, 7) is 0. The lowest BCUT2D eigenvalue weighted by Gasteiger charge is -2.09. The summed E-state index contributed by atoms with van der Waals surface area (Å²) in [6.07, 6.45) is 5.34. The first kappa shape index (κ1) is 18.1. The van der Waals surface area contributed by atoms with Crippen LogP contribution < -0.4 is 5.32 Å². The van der Waals surface area contributed by atoms with Gasteiger partial charge in [-0.2, -0.15) is 5.10 Å². The van der Waals surface area contributed by atoms with Crippen LogP contribution >= 0.6 is 11.3 Å². The van der Waals surface area contributed by atoms with Crippen LogP contribution in [0.2, 0.25) is 0 Å². The molecule has 5 rings (SSSR count). The van der Waals surface area contributed by atoms with E-state index in [0.717, 1.165) is 22.2 Å². The average Bonchev–Trinajstić information content (AvgIpc) is 3.42. The Bertz CT molecular complexity index is 1360. The zero-order valence-electron chi connectivity index (χ0n) is 16.0. The fourth-order valence-corrected chi connectivity index (χ4v) is 3.91. The topological polar surface area (TPSA) is 85.6 Å². The Balaban J connectivity index is 1.51. The van der Waals surface area contributed by atoms with Gasteiger partial charge in [-0.3, -0.25) is 19.8 Å². The fourth-order valence-electron chi connectivity index (χ4n) is 3.19. The van der Waals surface area contributed by atoms with Crippen molar-refractivity contribution >= 4 is 33.3 Å². The van der Waals surface area contributed by atoms with Gasteiger partial charge >= 0.3 is 0 Å². The van der Waals surface area contributed by atoms with Gasteiger partial charge in [0.1, 0.15) is 0 Å². The number of anilines is 1. The van der Waals surface area contributed by atoms with Crippen molar-refractivity contribution in [3.05, 3.63) is 78.1 Å². The van der Waals surface area contributed by atoms with Crippen LogP contribution in [0.15, 0.2) is 72.5 Å². The van der Waals surface area contributed by atoms with Gasteiger partial charge in [0.15, 0.2) is 5.13 Å². The fraction of sp³-hybridized carbons (Fsp3) is 0.0455. The molecule has 4 heterocycles. The lowest BCUT2D eigenvalue weighted by Crippen LogP contribution is -2.13. The number of nitrogens with zero attached hydrogens (tertiary/aromatic N) is 5. The summed E-state index contributed by atoms with van der Waals surface area (Å²) in [5.41, 5.74) is 4.30. The molecule has 1 N–H and O–H groups in total. The normalized spacial score (nSPS) is 11.0. The van der Waals surface area contributed by atoms with E-state index in [1.165, 1.54) is 11.3 Å². The molecule has 4 aromatic heterocycles. The second-order valence-corrected chi connectivity index (χ2v) is 7.54. The molecule has 30 heavy (non-hydrogen) atoms. The number of thiazole rings is 1. The van der Waals surface area contributed by atoms with Gasteiger partial charge in [0, 0.05) is 35.8 Å². The van der Waals surface area contributed by atoms with Gasteiger partial charge in [-0.25, -0.2) is 9.97 Å². The highest BCUT2D eigenvalue weighted by Crippen LogP contribution is 2.27. The zero-order chi connectivity index (χ0) is 20.5. The van der Waals surface area contributed by atoms with Gasteiger partial charge in [0.05, 0.1) is 34.4 Å². The smallest absolute Gasteiger partial charge is 0.258 e. The SMILES string of the molecule is Cn1cc(-c2csc(NC(=O)c3cc(-c4ccccn4)nc4ccccc34)n2)cn1. The Morgan fingerprint density at radius 2 is 1.90 bits per heavy atom. The highest BCUT2D eigenvalue weighted by atomic mass is 32.1. The molecule has 0 aliphatic rings. The number of carbonyl (C=O) groups is 1. The number of benzene rings is 1. The van der Waals surface area contributed by atoms with Gasteiger partial charge < -0.3 is 0 Å². The first-order valence-corrected chi connectivity index (χ1v) is 10.1. The van der Waals surface area contributed by atoms with E-state index < -0.39 is 0 Å². The maximum atomic E-state index is 13.2. The maximum Gasteiger partial charge on any atom is 0.258 e. The van der Waals surface area contributed by atoms with Gasteiger partial charge in [-0.1, -0.05) is 24.3 Å². The van der Waals surface area contributed by atoms with E-state index in [4.69, 9.17) is 0 Å². The van der Waals surface area contributed by atoms with Crippen LogP contribution in [0.5, 0.6) is 0 Å². The van der Waals surface area contributed by atoms with E-state index in [-0.39, 0.29) is 5.91 Å². The predicted molar refractivity (Wildman–Crippen MR) is 117 cm³/mol. The van der Waals surface area contributed by atoms with Crippen LogP contribution in [-0.2, 0) is 7.05 Å². The zero-order valence-corrected chi connectivity index (χ0v) is 16.8. The van der Waals surface area contributed by atoms with Gasteiger partial charge in [0.2, 0.25) is 0 Å². The summed E-state index contributed by atoms with van der Waals surface area (Å²) in [4.78, 5) is 26.7. The van der Waals surface area contributed by atoms with E-state index in [9.17, 15) is 4.79 Å². The number of aromatic nitrogens is 5. The number of hydrogen-bond donors (Lipinski definition) is 1. The molecule has 0 fully saturated rings. The van der Waals surface area contributed by atoms with E-state index in [2.05, 4.69) is 25.4 Å². The highest BCUT2D eigenvalue weighted by molar-refractivity contribution is 7.14. The van der Waals surface area contributed by atoms with E-state index in [0.29, 0.717) is 22.1 Å². The van der Waals surface area contributed by atoms with Gasteiger partial charge in [-0.15, -0.1) is 11.3 Å². The first-order valence-electron chi connectivity index (χ1n) is 9.24. The summed E-state index contributed by atoms with van der Waals surface area (Å²) < 4.78 is 1.72. The van der Waals surface area contributed by atoms with E-state index >= 15 is 0 Å². The molecule has 1 amide bonds. The van der Waals surface area contributed by atoms with E-state index in [1.54, 1.807) is 23.1 Å². The first-order chi connectivity index (χ1) is 14.7. The van der Waals surface area contributed by atoms with Crippen molar-refractivity contribution in [1.29, 1.82) is 0 Å². The molecule has 1 aromatic carbocycles. The van der Waals surface area contributed by atoms with Crippen LogP contribution in [-0.4, -0.2) is 30.6 Å². The maximum absolute atomic E-state index is 13.2.